The van der Waals surface area contributed by atoms with E-state index in [-0.39, 0.29) is 18.4 Å². The predicted octanol–water partition coefficient (Wildman–Crippen LogP) is 1.98. The van der Waals surface area contributed by atoms with Gasteiger partial charge in [-0.15, -0.1) is 0 Å². The van der Waals surface area contributed by atoms with Crippen LogP contribution >= 0.6 is 0 Å². The maximum absolute atomic E-state index is 12.9. The fraction of sp³-hybridized carbons (Fsp3) is 0.579. The SMILES string of the molecule is COCCNCC(=O)Nc1ccccc1C(=O)N1CC(C)CC(C)C1. The van der Waals surface area contributed by atoms with Crippen LogP contribution in [0.25, 0.3) is 0 Å². The average Bonchev–Trinajstić information content (AvgIpc) is 2.58. The Morgan fingerprint density at radius 1 is 1.20 bits per heavy atom. The van der Waals surface area contributed by atoms with E-state index in [0.29, 0.717) is 36.2 Å². The molecular weight excluding hydrogens is 318 g/mol. The summed E-state index contributed by atoms with van der Waals surface area (Å²) in [5, 5.41) is 5.84. The van der Waals surface area contributed by atoms with E-state index < -0.39 is 0 Å². The van der Waals surface area contributed by atoms with Gasteiger partial charge in [-0.05, 0) is 30.4 Å². The summed E-state index contributed by atoms with van der Waals surface area (Å²) in [6.45, 7) is 7.23. The maximum atomic E-state index is 12.9. The molecule has 2 amide bonds. The van der Waals surface area contributed by atoms with Gasteiger partial charge in [-0.1, -0.05) is 26.0 Å². The van der Waals surface area contributed by atoms with Gasteiger partial charge < -0.3 is 20.3 Å². The summed E-state index contributed by atoms with van der Waals surface area (Å²) in [7, 11) is 1.62. The summed E-state index contributed by atoms with van der Waals surface area (Å²) in [5.74, 6) is 0.817. The lowest BCUT2D eigenvalue weighted by atomic mass is 9.91. The number of amides is 2. The summed E-state index contributed by atoms with van der Waals surface area (Å²) in [5.41, 5.74) is 1.12. The Bertz CT molecular complexity index is 581. The van der Waals surface area contributed by atoms with Gasteiger partial charge in [0, 0.05) is 26.7 Å². The normalized spacial score (nSPS) is 20.4. The number of piperidine rings is 1. The number of hydrogen-bond acceptors (Lipinski definition) is 4. The fourth-order valence-electron chi connectivity index (χ4n) is 3.35. The van der Waals surface area contributed by atoms with Gasteiger partial charge >= 0.3 is 0 Å². The van der Waals surface area contributed by atoms with E-state index in [4.69, 9.17) is 4.74 Å². The van der Waals surface area contributed by atoms with Crippen LogP contribution in [0.15, 0.2) is 24.3 Å². The zero-order valence-electron chi connectivity index (χ0n) is 15.4. The molecule has 1 aliphatic heterocycles. The molecule has 1 heterocycles. The van der Waals surface area contributed by atoms with Gasteiger partial charge in [0.2, 0.25) is 5.91 Å². The summed E-state index contributed by atoms with van der Waals surface area (Å²) in [6.07, 6.45) is 1.15. The molecule has 1 aromatic rings. The molecule has 0 aromatic heterocycles. The number of ether oxygens (including phenoxy) is 1. The zero-order chi connectivity index (χ0) is 18.2. The van der Waals surface area contributed by atoms with Crippen LogP contribution in [0.1, 0.15) is 30.6 Å². The first-order valence-electron chi connectivity index (χ1n) is 8.89. The first-order chi connectivity index (χ1) is 12.0. The van der Waals surface area contributed by atoms with Crippen molar-refractivity contribution in [3.05, 3.63) is 29.8 Å². The van der Waals surface area contributed by atoms with E-state index in [1.165, 1.54) is 0 Å². The lowest BCUT2D eigenvalue weighted by Gasteiger charge is -2.35. The molecule has 1 fully saturated rings. The number of hydrogen-bond donors (Lipinski definition) is 2. The number of para-hydroxylation sites is 1. The van der Waals surface area contributed by atoms with Crippen LogP contribution in [-0.4, -0.2) is 56.6 Å². The second-order valence-corrected chi connectivity index (χ2v) is 6.92. The van der Waals surface area contributed by atoms with E-state index >= 15 is 0 Å². The number of anilines is 1. The molecule has 2 unspecified atom stereocenters. The van der Waals surface area contributed by atoms with Crippen LogP contribution < -0.4 is 10.6 Å². The Balaban J connectivity index is 2.02. The van der Waals surface area contributed by atoms with Crippen molar-refractivity contribution < 1.29 is 14.3 Å². The summed E-state index contributed by atoms with van der Waals surface area (Å²) in [4.78, 5) is 26.9. The molecule has 2 atom stereocenters. The Morgan fingerprint density at radius 2 is 1.88 bits per heavy atom. The van der Waals surface area contributed by atoms with E-state index in [1.54, 1.807) is 19.2 Å². The van der Waals surface area contributed by atoms with Crippen LogP contribution in [0.5, 0.6) is 0 Å². The van der Waals surface area contributed by atoms with Gasteiger partial charge in [0.15, 0.2) is 0 Å². The Kier molecular flexibility index (Phi) is 7.40. The fourth-order valence-corrected chi connectivity index (χ4v) is 3.35. The van der Waals surface area contributed by atoms with Crippen molar-refractivity contribution >= 4 is 17.5 Å². The zero-order valence-corrected chi connectivity index (χ0v) is 15.4. The Labute approximate surface area is 149 Å². The van der Waals surface area contributed by atoms with Crippen LogP contribution in [0, 0.1) is 11.8 Å². The minimum atomic E-state index is -0.170. The number of carbonyl (C=O) groups is 2. The Morgan fingerprint density at radius 3 is 2.56 bits per heavy atom. The van der Waals surface area contributed by atoms with Gasteiger partial charge in [0.1, 0.15) is 0 Å². The van der Waals surface area contributed by atoms with Gasteiger partial charge in [0.25, 0.3) is 5.91 Å². The molecular formula is C19H29N3O3. The van der Waals surface area contributed by atoms with Crippen molar-refractivity contribution in [1.82, 2.24) is 10.2 Å². The van der Waals surface area contributed by atoms with Crippen molar-refractivity contribution in [2.75, 3.05) is 45.2 Å². The van der Waals surface area contributed by atoms with Crippen molar-refractivity contribution in [1.29, 1.82) is 0 Å². The predicted molar refractivity (Wildman–Crippen MR) is 98.7 cm³/mol. The second kappa shape index (κ2) is 9.53. The van der Waals surface area contributed by atoms with E-state index in [9.17, 15) is 9.59 Å². The molecule has 0 aliphatic carbocycles. The summed E-state index contributed by atoms with van der Waals surface area (Å²) in [6, 6.07) is 7.21. The van der Waals surface area contributed by atoms with E-state index in [2.05, 4.69) is 24.5 Å². The number of methoxy groups -OCH3 is 1. The molecule has 1 saturated heterocycles. The van der Waals surface area contributed by atoms with E-state index in [0.717, 1.165) is 19.5 Å². The second-order valence-electron chi connectivity index (χ2n) is 6.92. The molecule has 25 heavy (non-hydrogen) atoms. The van der Waals surface area contributed by atoms with E-state index in [1.807, 2.05) is 17.0 Å². The van der Waals surface area contributed by atoms with Crippen molar-refractivity contribution in [2.24, 2.45) is 11.8 Å². The molecule has 1 aromatic carbocycles. The monoisotopic (exact) mass is 347 g/mol. The topological polar surface area (TPSA) is 70.7 Å². The van der Waals surface area contributed by atoms with Crippen molar-refractivity contribution in [3.8, 4) is 0 Å². The van der Waals surface area contributed by atoms with Gasteiger partial charge in [-0.2, -0.15) is 0 Å². The molecule has 0 bridgehead atoms. The third-order valence-corrected chi connectivity index (χ3v) is 4.36. The highest BCUT2D eigenvalue weighted by Crippen LogP contribution is 2.24. The molecule has 6 nitrogen and oxygen atoms in total. The van der Waals surface area contributed by atoms with Crippen LogP contribution in [-0.2, 0) is 9.53 Å². The standard InChI is InChI=1S/C19H29N3O3/c1-14-10-15(2)13-22(12-14)19(24)16-6-4-5-7-17(16)21-18(23)11-20-8-9-25-3/h4-7,14-15,20H,8-13H2,1-3H3,(H,21,23). The largest absolute Gasteiger partial charge is 0.383 e. The highest BCUT2D eigenvalue weighted by Gasteiger charge is 2.27. The molecule has 1 aliphatic rings. The minimum absolute atomic E-state index is 0.0124. The summed E-state index contributed by atoms with van der Waals surface area (Å²) < 4.78 is 4.93. The lowest BCUT2D eigenvalue weighted by Crippen LogP contribution is -2.43. The molecule has 0 radical (unpaired) electrons. The molecule has 0 saturated carbocycles. The Hall–Kier alpha value is -1.92. The number of nitrogens with one attached hydrogen (secondary N) is 2. The molecule has 138 valence electrons. The van der Waals surface area contributed by atoms with Crippen LogP contribution in [0.4, 0.5) is 5.69 Å². The number of nitrogens with zero attached hydrogens (tertiary/aromatic N) is 1. The first-order valence-corrected chi connectivity index (χ1v) is 8.89. The molecule has 2 rings (SSSR count). The molecule has 6 heteroatoms. The molecule has 0 spiro atoms. The maximum Gasteiger partial charge on any atom is 0.255 e. The van der Waals surface area contributed by atoms with Crippen LogP contribution in [0.2, 0.25) is 0 Å². The van der Waals surface area contributed by atoms with Gasteiger partial charge in [-0.3, -0.25) is 9.59 Å². The highest BCUT2D eigenvalue weighted by molar-refractivity contribution is 6.04. The van der Waals surface area contributed by atoms with Crippen molar-refractivity contribution in [2.45, 2.75) is 20.3 Å². The number of benzene rings is 1. The van der Waals surface area contributed by atoms with Crippen molar-refractivity contribution in [3.63, 3.8) is 0 Å². The quantitative estimate of drug-likeness (QED) is 0.740. The van der Waals surface area contributed by atoms with Crippen LogP contribution in [0.3, 0.4) is 0 Å². The number of carbonyl (C=O) groups excluding carboxylic acids is 2. The minimum Gasteiger partial charge on any atom is -0.383 e. The summed E-state index contributed by atoms with van der Waals surface area (Å²) >= 11 is 0. The third-order valence-electron chi connectivity index (χ3n) is 4.36. The average molecular weight is 347 g/mol. The smallest absolute Gasteiger partial charge is 0.255 e. The third kappa shape index (κ3) is 5.83. The highest BCUT2D eigenvalue weighted by atomic mass is 16.5. The van der Waals surface area contributed by atoms with Gasteiger partial charge in [0.05, 0.1) is 24.4 Å². The number of rotatable bonds is 7. The number of likely N-dealkylation sites (tertiary alicyclic amines) is 1. The molecule has 2 N–H and O–H groups in total. The first kappa shape index (κ1) is 19.4. The van der Waals surface area contributed by atoms with Gasteiger partial charge in [-0.25, -0.2) is 0 Å². The lowest BCUT2D eigenvalue weighted by molar-refractivity contribution is -0.115.